The number of nitrogens with one attached hydrogen (secondary N) is 3. The highest BCUT2D eigenvalue weighted by atomic mass is 32.1. The molecule has 3 N–H and O–H groups in total. The standard InChI is InChI=1S/C20H24N6OS/c1-3-17(27)21-13-4-6-14(7-5-13)22-19-18-16(9-11-28-18)24-20(25-19)23-15-8-10-26(2)12-15/h3,8-14H,1,4-7H2,2H3,(H,21,27)(H2,22,23,24,25). The molecule has 146 valence electrons. The van der Waals surface area contributed by atoms with Crippen LogP contribution in [0.2, 0.25) is 0 Å². The van der Waals surface area contributed by atoms with Gasteiger partial charge in [0, 0.05) is 31.5 Å². The molecule has 0 bridgehead atoms. The fraction of sp³-hybridized carbons (Fsp3) is 0.350. The summed E-state index contributed by atoms with van der Waals surface area (Å²) in [5.74, 6) is 1.37. The Morgan fingerprint density at radius 3 is 2.75 bits per heavy atom. The topological polar surface area (TPSA) is 83.9 Å². The number of carbonyl (C=O) groups excluding carboxylic acids is 1. The first kappa shape index (κ1) is 18.5. The van der Waals surface area contributed by atoms with Crippen LogP contribution in [0.15, 0.2) is 42.6 Å². The van der Waals surface area contributed by atoms with Crippen molar-refractivity contribution >= 4 is 44.9 Å². The maximum atomic E-state index is 11.5. The second-order valence-electron chi connectivity index (χ2n) is 7.13. The molecule has 1 aliphatic rings. The molecule has 0 spiro atoms. The van der Waals surface area contributed by atoms with Crippen LogP contribution in [0, 0.1) is 0 Å². The average Bonchev–Trinajstić information content (AvgIpc) is 3.32. The van der Waals surface area contributed by atoms with Crippen molar-refractivity contribution < 1.29 is 4.79 Å². The van der Waals surface area contributed by atoms with E-state index in [0.717, 1.165) is 47.4 Å². The summed E-state index contributed by atoms with van der Waals surface area (Å²) in [5, 5.41) is 11.9. The van der Waals surface area contributed by atoms with Gasteiger partial charge in [-0.25, -0.2) is 4.98 Å². The van der Waals surface area contributed by atoms with Crippen LogP contribution in [-0.4, -0.2) is 32.5 Å². The Kier molecular flexibility index (Phi) is 5.29. The Labute approximate surface area is 167 Å². The van der Waals surface area contributed by atoms with Crippen molar-refractivity contribution in [1.82, 2.24) is 19.9 Å². The third-order valence-electron chi connectivity index (χ3n) is 4.99. The molecule has 1 amide bonds. The van der Waals surface area contributed by atoms with E-state index < -0.39 is 0 Å². The molecule has 0 aliphatic heterocycles. The number of aryl methyl sites for hydroxylation is 1. The lowest BCUT2D eigenvalue weighted by molar-refractivity contribution is -0.117. The first-order valence-electron chi connectivity index (χ1n) is 9.44. The Bertz CT molecular complexity index is 986. The average molecular weight is 397 g/mol. The van der Waals surface area contributed by atoms with E-state index in [-0.39, 0.29) is 11.9 Å². The Hall–Kier alpha value is -2.87. The number of hydrogen-bond donors (Lipinski definition) is 3. The van der Waals surface area contributed by atoms with Gasteiger partial charge in [0.15, 0.2) is 0 Å². The number of fused-ring (bicyclic) bond motifs is 1. The summed E-state index contributed by atoms with van der Waals surface area (Å²) < 4.78 is 3.05. The number of nitrogens with zero attached hydrogens (tertiary/aromatic N) is 3. The minimum atomic E-state index is -0.0934. The van der Waals surface area contributed by atoms with Gasteiger partial charge in [0.1, 0.15) is 5.82 Å². The van der Waals surface area contributed by atoms with Crippen LogP contribution in [0.5, 0.6) is 0 Å². The number of hydrogen-bond acceptors (Lipinski definition) is 6. The zero-order chi connectivity index (χ0) is 19.5. The van der Waals surface area contributed by atoms with Crippen molar-refractivity contribution in [1.29, 1.82) is 0 Å². The number of carbonyl (C=O) groups is 1. The number of rotatable bonds is 6. The van der Waals surface area contributed by atoms with Gasteiger partial charge in [0.2, 0.25) is 11.9 Å². The zero-order valence-corrected chi connectivity index (χ0v) is 16.6. The van der Waals surface area contributed by atoms with Gasteiger partial charge in [0.25, 0.3) is 0 Å². The predicted octanol–water partition coefficient (Wildman–Crippen LogP) is 3.80. The molecule has 0 aromatic carbocycles. The first-order valence-corrected chi connectivity index (χ1v) is 10.3. The summed E-state index contributed by atoms with van der Waals surface area (Å²) in [7, 11) is 1.98. The van der Waals surface area contributed by atoms with Gasteiger partial charge in [-0.1, -0.05) is 6.58 Å². The van der Waals surface area contributed by atoms with Crippen LogP contribution in [0.3, 0.4) is 0 Å². The summed E-state index contributed by atoms with van der Waals surface area (Å²) in [4.78, 5) is 20.9. The van der Waals surface area contributed by atoms with Gasteiger partial charge in [-0.2, -0.15) is 4.98 Å². The maximum Gasteiger partial charge on any atom is 0.243 e. The van der Waals surface area contributed by atoms with Crippen molar-refractivity contribution in [3.8, 4) is 0 Å². The van der Waals surface area contributed by atoms with Crippen molar-refractivity contribution in [3.05, 3.63) is 42.6 Å². The molecular formula is C20H24N6OS. The lowest BCUT2D eigenvalue weighted by atomic mass is 9.91. The fourth-order valence-corrected chi connectivity index (χ4v) is 4.34. The lowest BCUT2D eigenvalue weighted by Gasteiger charge is -2.29. The SMILES string of the molecule is C=CC(=O)NC1CCC(Nc2nc(Nc3ccn(C)c3)nc3ccsc23)CC1. The van der Waals surface area contributed by atoms with Crippen LogP contribution in [0.1, 0.15) is 25.7 Å². The van der Waals surface area contributed by atoms with Crippen molar-refractivity contribution in [3.63, 3.8) is 0 Å². The van der Waals surface area contributed by atoms with Crippen molar-refractivity contribution in [2.75, 3.05) is 10.6 Å². The summed E-state index contributed by atoms with van der Waals surface area (Å²) in [6, 6.07) is 4.57. The highest BCUT2D eigenvalue weighted by Gasteiger charge is 2.23. The molecule has 8 heteroatoms. The van der Waals surface area contributed by atoms with Crippen LogP contribution in [-0.2, 0) is 11.8 Å². The third-order valence-corrected chi connectivity index (χ3v) is 5.90. The van der Waals surface area contributed by atoms with Gasteiger partial charge in [-0.3, -0.25) is 4.79 Å². The van der Waals surface area contributed by atoms with E-state index in [1.165, 1.54) is 6.08 Å². The normalized spacial score (nSPS) is 19.3. The molecule has 1 saturated carbocycles. The molecule has 0 saturated heterocycles. The Morgan fingerprint density at radius 2 is 2.04 bits per heavy atom. The smallest absolute Gasteiger partial charge is 0.243 e. The Balaban J connectivity index is 1.47. The van der Waals surface area contributed by atoms with Gasteiger partial charge in [0.05, 0.1) is 15.9 Å². The molecule has 3 aromatic rings. The van der Waals surface area contributed by atoms with E-state index in [1.54, 1.807) is 11.3 Å². The van der Waals surface area contributed by atoms with Crippen LogP contribution < -0.4 is 16.0 Å². The second-order valence-corrected chi connectivity index (χ2v) is 8.04. The minimum Gasteiger partial charge on any atom is -0.366 e. The van der Waals surface area contributed by atoms with E-state index in [2.05, 4.69) is 27.5 Å². The van der Waals surface area contributed by atoms with E-state index in [1.807, 2.05) is 41.5 Å². The summed E-state index contributed by atoms with van der Waals surface area (Å²) in [6.07, 6.45) is 9.18. The second kappa shape index (κ2) is 8.02. The molecular weight excluding hydrogens is 372 g/mol. The van der Waals surface area contributed by atoms with E-state index >= 15 is 0 Å². The largest absolute Gasteiger partial charge is 0.366 e. The molecule has 3 aromatic heterocycles. The molecule has 28 heavy (non-hydrogen) atoms. The zero-order valence-electron chi connectivity index (χ0n) is 15.8. The van der Waals surface area contributed by atoms with Crippen molar-refractivity contribution in [2.45, 2.75) is 37.8 Å². The van der Waals surface area contributed by atoms with Gasteiger partial charge >= 0.3 is 0 Å². The summed E-state index contributed by atoms with van der Waals surface area (Å²) >= 11 is 1.65. The van der Waals surface area contributed by atoms with Crippen LogP contribution >= 0.6 is 11.3 Å². The van der Waals surface area contributed by atoms with Gasteiger partial charge in [-0.05, 0) is 49.3 Å². The number of anilines is 3. The molecule has 0 atom stereocenters. The summed E-state index contributed by atoms with van der Waals surface area (Å²) in [5.41, 5.74) is 1.90. The Morgan fingerprint density at radius 1 is 1.25 bits per heavy atom. The number of aromatic nitrogens is 3. The van der Waals surface area contributed by atoms with Crippen molar-refractivity contribution in [2.24, 2.45) is 7.05 Å². The maximum absolute atomic E-state index is 11.5. The van der Waals surface area contributed by atoms with Crippen LogP contribution in [0.4, 0.5) is 17.5 Å². The summed E-state index contributed by atoms with van der Waals surface area (Å²) in [6.45, 7) is 3.52. The monoisotopic (exact) mass is 396 g/mol. The van der Waals surface area contributed by atoms with E-state index in [9.17, 15) is 4.79 Å². The number of thiophene rings is 1. The first-order chi connectivity index (χ1) is 13.6. The van der Waals surface area contributed by atoms with E-state index in [4.69, 9.17) is 4.98 Å². The lowest BCUT2D eigenvalue weighted by Crippen LogP contribution is -2.39. The molecule has 0 unspecified atom stereocenters. The van der Waals surface area contributed by atoms with Gasteiger partial charge in [-0.15, -0.1) is 11.3 Å². The molecule has 4 rings (SSSR count). The molecule has 0 radical (unpaired) electrons. The van der Waals surface area contributed by atoms with E-state index in [0.29, 0.717) is 12.0 Å². The predicted molar refractivity (Wildman–Crippen MR) is 114 cm³/mol. The van der Waals surface area contributed by atoms with Crippen LogP contribution in [0.25, 0.3) is 10.2 Å². The fourth-order valence-electron chi connectivity index (χ4n) is 3.56. The molecule has 7 nitrogen and oxygen atoms in total. The molecule has 3 heterocycles. The quantitative estimate of drug-likeness (QED) is 0.552. The number of amides is 1. The highest BCUT2D eigenvalue weighted by Crippen LogP contribution is 2.31. The van der Waals surface area contributed by atoms with Gasteiger partial charge < -0.3 is 20.5 Å². The third kappa shape index (κ3) is 4.17. The highest BCUT2D eigenvalue weighted by molar-refractivity contribution is 7.17. The minimum absolute atomic E-state index is 0.0934. The molecule has 1 aliphatic carbocycles. The molecule has 1 fully saturated rings.